The molecule has 0 heterocycles. The van der Waals surface area contributed by atoms with Gasteiger partial charge in [0.2, 0.25) is 8.53 Å². The summed E-state index contributed by atoms with van der Waals surface area (Å²) >= 11 is 0. The summed E-state index contributed by atoms with van der Waals surface area (Å²) in [7, 11) is -1.99. The fraction of sp³-hybridized carbons (Fsp3) is 0.667. The number of nitriles is 1. The van der Waals surface area contributed by atoms with Gasteiger partial charge >= 0.3 is 0 Å². The molecule has 46 valence electrons. The Bertz CT molecular complexity index is 115. The minimum absolute atomic E-state index is 0.0728. The summed E-state index contributed by atoms with van der Waals surface area (Å²) in [5, 5.41) is 7.98. The summed E-state index contributed by atoms with van der Waals surface area (Å²) < 4.78 is 11.2. The molecule has 4 nitrogen and oxygen atoms in total. The molecule has 0 aliphatic rings. The van der Waals surface area contributed by atoms with Gasteiger partial charge in [-0.3, -0.25) is 5.50 Å². The Morgan fingerprint density at radius 2 is 2.75 bits per heavy atom. The molecule has 0 bridgehead atoms. The fourth-order valence-electron chi connectivity index (χ4n) is 0.151. The van der Waals surface area contributed by atoms with E-state index in [9.17, 15) is 0 Å². The third-order valence-electron chi connectivity index (χ3n) is 0.357. The average Bonchev–Trinajstić information content (AvgIpc) is 1.63. The van der Waals surface area contributed by atoms with Gasteiger partial charge in [-0.25, -0.2) is 0 Å². The lowest BCUT2D eigenvalue weighted by Crippen LogP contribution is -1.93. The maximum Gasteiger partial charge on any atom is 0.250 e. The van der Waals surface area contributed by atoms with Gasteiger partial charge in [0.25, 0.3) is 0 Å². The summed E-state index contributed by atoms with van der Waals surface area (Å²) in [6.07, 6.45) is -0.0728. The van der Waals surface area contributed by atoms with Crippen molar-refractivity contribution in [2.75, 3.05) is 6.58 Å². The first-order valence-corrected chi connectivity index (χ1v) is 3.14. The standard InChI is InChI=1S/C3H7N2O2P/c4-2-1-3-7-8(5)6/h6H,1,3,5H2/i3T. The second kappa shape index (κ2) is 4.95. The Morgan fingerprint density at radius 1 is 2.12 bits per heavy atom. The van der Waals surface area contributed by atoms with Crippen LogP contribution in [0, 0.1) is 11.3 Å². The second-order valence-corrected chi connectivity index (χ2v) is 1.75. The molecule has 0 aromatic carbocycles. The number of nitrogens with zero attached hydrogens (tertiary/aromatic N) is 1. The van der Waals surface area contributed by atoms with E-state index in [4.69, 9.17) is 17.0 Å². The SMILES string of the molecule is [3H]C(CC#N)OP(N)O. The van der Waals surface area contributed by atoms with Crippen LogP contribution in [-0.2, 0) is 4.52 Å². The Morgan fingerprint density at radius 3 is 3.12 bits per heavy atom. The van der Waals surface area contributed by atoms with E-state index in [1.165, 1.54) is 0 Å². The van der Waals surface area contributed by atoms with Crippen LogP contribution in [0.5, 0.6) is 0 Å². The van der Waals surface area contributed by atoms with Gasteiger partial charge < -0.3 is 9.42 Å². The molecule has 0 saturated heterocycles. The Balaban J connectivity index is 3.29. The Hall–Kier alpha value is -0.200. The van der Waals surface area contributed by atoms with E-state index >= 15 is 0 Å². The quantitative estimate of drug-likeness (QED) is 0.539. The van der Waals surface area contributed by atoms with Gasteiger partial charge in [-0.15, -0.1) is 0 Å². The molecule has 0 aliphatic carbocycles. The van der Waals surface area contributed by atoms with Gasteiger partial charge in [-0.05, 0) is 0 Å². The van der Waals surface area contributed by atoms with E-state index in [0.29, 0.717) is 0 Å². The molecule has 3 N–H and O–H groups in total. The summed E-state index contributed by atoms with van der Waals surface area (Å²) in [6.45, 7) is -1.02. The number of hydrogen-bond acceptors (Lipinski definition) is 4. The maximum absolute atomic E-state index is 8.34. The van der Waals surface area contributed by atoms with Crippen LogP contribution < -0.4 is 5.50 Å². The highest BCUT2D eigenvalue weighted by atomic mass is 31.2. The van der Waals surface area contributed by atoms with Crippen LogP contribution in [0.3, 0.4) is 0 Å². The lowest BCUT2D eigenvalue weighted by molar-refractivity contribution is 0.318. The van der Waals surface area contributed by atoms with Crippen molar-refractivity contribution in [3.63, 3.8) is 0 Å². The minimum Gasteiger partial charge on any atom is -0.338 e. The third-order valence-corrected chi connectivity index (χ3v) is 0.722. The summed E-state index contributed by atoms with van der Waals surface area (Å²) in [5.41, 5.74) is 4.79. The van der Waals surface area contributed by atoms with Crippen molar-refractivity contribution in [3.8, 4) is 6.07 Å². The third kappa shape index (κ3) is 5.80. The highest BCUT2D eigenvalue weighted by Gasteiger charge is 1.92. The zero-order chi connectivity index (χ0) is 7.28. The second-order valence-electron chi connectivity index (χ2n) is 0.937. The maximum atomic E-state index is 8.34. The zero-order valence-electron chi connectivity index (χ0n) is 5.11. The van der Waals surface area contributed by atoms with E-state index in [1.54, 1.807) is 6.07 Å². The van der Waals surface area contributed by atoms with E-state index in [-0.39, 0.29) is 6.42 Å². The van der Waals surface area contributed by atoms with Gasteiger partial charge in [-0.1, -0.05) is 0 Å². The topological polar surface area (TPSA) is 79.3 Å². The predicted octanol–water partition coefficient (Wildman–Crippen LogP) is 0.0946. The van der Waals surface area contributed by atoms with Gasteiger partial charge in [-0.2, -0.15) is 5.26 Å². The van der Waals surface area contributed by atoms with E-state index in [0.717, 1.165) is 0 Å². The molecule has 0 saturated carbocycles. The van der Waals surface area contributed by atoms with E-state index < -0.39 is 15.1 Å². The first-order valence-electron chi connectivity index (χ1n) is 2.44. The van der Waals surface area contributed by atoms with Gasteiger partial charge in [0.05, 0.1) is 20.4 Å². The molecule has 8 heavy (non-hydrogen) atoms. The zero-order valence-corrected chi connectivity index (χ0v) is 5.01. The summed E-state index contributed by atoms with van der Waals surface area (Å²) in [5.74, 6) is 0. The highest BCUT2D eigenvalue weighted by molar-refractivity contribution is 7.43. The van der Waals surface area contributed by atoms with Crippen LogP contribution in [0.2, 0.25) is 0 Å². The van der Waals surface area contributed by atoms with Crippen LogP contribution in [0.25, 0.3) is 0 Å². The molecule has 0 aromatic heterocycles. The number of rotatable bonds is 3. The van der Waals surface area contributed by atoms with Crippen LogP contribution in [0.15, 0.2) is 0 Å². The van der Waals surface area contributed by atoms with Gasteiger partial charge in [0.1, 0.15) is 0 Å². The first-order chi connectivity index (χ1) is 4.16. The number of hydrogen-bond donors (Lipinski definition) is 2. The van der Waals surface area contributed by atoms with Crippen LogP contribution in [0.4, 0.5) is 0 Å². The molecule has 2 unspecified atom stereocenters. The van der Waals surface area contributed by atoms with Crippen molar-refractivity contribution in [1.29, 1.82) is 5.26 Å². The van der Waals surface area contributed by atoms with Gasteiger partial charge in [0, 0.05) is 0 Å². The smallest absolute Gasteiger partial charge is 0.250 e. The highest BCUT2D eigenvalue weighted by Crippen LogP contribution is 2.18. The Labute approximate surface area is 50.2 Å². The molecule has 0 radical (unpaired) electrons. The molecule has 0 spiro atoms. The Kier molecular flexibility index (Phi) is 3.67. The monoisotopic (exact) mass is 136 g/mol. The van der Waals surface area contributed by atoms with Crippen molar-refractivity contribution in [3.05, 3.63) is 0 Å². The van der Waals surface area contributed by atoms with Crippen LogP contribution >= 0.6 is 8.53 Å². The molecule has 0 amide bonds. The molecule has 0 rings (SSSR count). The first kappa shape index (κ1) is 5.93. The predicted molar refractivity (Wildman–Crippen MR) is 29.5 cm³/mol. The fourth-order valence-corrected chi connectivity index (χ4v) is 0.378. The van der Waals surface area contributed by atoms with E-state index in [1.807, 2.05) is 0 Å². The lowest BCUT2D eigenvalue weighted by atomic mass is 10.5. The molecular weight excluding hydrogens is 127 g/mol. The average molecular weight is 136 g/mol. The van der Waals surface area contributed by atoms with E-state index in [2.05, 4.69) is 4.52 Å². The minimum atomic E-state index is -1.99. The summed E-state index contributed by atoms with van der Waals surface area (Å²) in [4.78, 5) is 8.34. The van der Waals surface area contributed by atoms with Crippen molar-refractivity contribution in [2.45, 2.75) is 6.42 Å². The molecule has 0 aliphatic heterocycles. The summed E-state index contributed by atoms with van der Waals surface area (Å²) in [6, 6.07) is 1.70. The van der Waals surface area contributed by atoms with Gasteiger partial charge in [0.15, 0.2) is 0 Å². The molecule has 0 fully saturated rings. The normalized spacial score (nSPS) is 18.4. The van der Waals surface area contributed by atoms with Crippen molar-refractivity contribution in [1.82, 2.24) is 0 Å². The number of nitrogens with two attached hydrogens (primary N) is 1. The molecular formula is C3H7N2O2P. The van der Waals surface area contributed by atoms with Crippen LogP contribution in [0.1, 0.15) is 7.79 Å². The van der Waals surface area contributed by atoms with Crippen molar-refractivity contribution in [2.24, 2.45) is 5.50 Å². The molecule has 0 aromatic rings. The molecule has 5 heteroatoms. The molecule has 2 atom stereocenters. The van der Waals surface area contributed by atoms with Crippen LogP contribution in [-0.4, -0.2) is 11.5 Å². The van der Waals surface area contributed by atoms with Crippen molar-refractivity contribution >= 4 is 8.53 Å². The lowest BCUT2D eigenvalue weighted by Gasteiger charge is -1.99. The van der Waals surface area contributed by atoms with Crippen molar-refractivity contribution < 1.29 is 10.8 Å². The largest absolute Gasteiger partial charge is 0.338 e.